The van der Waals surface area contributed by atoms with Crippen molar-refractivity contribution in [2.24, 2.45) is 5.92 Å². The molecular weight excluding hydrogens is 651 g/mol. The maximum atomic E-state index is 14.5. The predicted octanol–water partition coefficient (Wildman–Crippen LogP) is 3.78. The largest absolute Gasteiger partial charge is 0.432 e. The summed E-state index contributed by atoms with van der Waals surface area (Å²) in [6.07, 6.45) is 0.576. The first-order chi connectivity index (χ1) is 24.0. The van der Waals surface area contributed by atoms with E-state index in [9.17, 15) is 24.3 Å². The maximum Gasteiger partial charge on any atom is 0.261 e. The van der Waals surface area contributed by atoms with Gasteiger partial charge in [-0.25, -0.2) is 0 Å². The lowest BCUT2D eigenvalue weighted by atomic mass is 9.82. The number of ether oxygens (including phenoxy) is 1. The third-order valence-electron chi connectivity index (χ3n) is 11.3. The molecular formula is C38H47N5O6Si. The molecule has 3 aromatic carbocycles. The molecule has 0 radical (unpaired) electrons. The van der Waals surface area contributed by atoms with Crippen molar-refractivity contribution in [3.05, 3.63) is 90.0 Å². The molecule has 4 N–H and O–H groups in total. The van der Waals surface area contributed by atoms with Gasteiger partial charge in [0.1, 0.15) is 5.54 Å². The molecule has 50 heavy (non-hydrogen) atoms. The number of amides is 3. The van der Waals surface area contributed by atoms with Gasteiger partial charge in [-0.1, -0.05) is 55.5 Å². The first-order valence-electron chi connectivity index (χ1n) is 17.6. The average Bonchev–Trinajstić information content (AvgIpc) is 3.67. The van der Waals surface area contributed by atoms with Crippen molar-refractivity contribution in [1.82, 2.24) is 10.2 Å². The van der Waals surface area contributed by atoms with Crippen LogP contribution in [0, 0.1) is 5.92 Å². The van der Waals surface area contributed by atoms with Gasteiger partial charge in [0, 0.05) is 47.2 Å². The first-order valence-corrected chi connectivity index (χ1v) is 20.7. The standard InChI is InChI=1S/C38H47N5O6Si/c1-26-34(50(2,3)48)32(23-33(45)41(20-21-44)24-27-10-6-4-7-11-27)49-38(26)30-22-29(14-15-31(30)40-35(38)46)42-25-43(28-12-8-5-9-13-28)37(36(42)47)16-18-39-19-17-37/h4-15,22,26,32,34,39,44,48H,16-21,23-25H2,1-3H3,(H,40,46)/t26-,32+,34-,38+/m1/s1. The molecule has 0 unspecified atom stereocenters. The summed E-state index contributed by atoms with van der Waals surface area (Å²) >= 11 is 0. The van der Waals surface area contributed by atoms with Crippen molar-refractivity contribution in [2.75, 3.05) is 48.0 Å². The second-order valence-corrected chi connectivity index (χ2v) is 18.7. The minimum Gasteiger partial charge on any atom is -0.432 e. The zero-order valence-electron chi connectivity index (χ0n) is 29.0. The summed E-state index contributed by atoms with van der Waals surface area (Å²) < 4.78 is 6.82. The van der Waals surface area contributed by atoms with E-state index in [-0.39, 0.29) is 37.3 Å². The van der Waals surface area contributed by atoms with Crippen LogP contribution in [0.3, 0.4) is 0 Å². The van der Waals surface area contributed by atoms with E-state index in [1.165, 1.54) is 0 Å². The fourth-order valence-electron chi connectivity index (χ4n) is 8.94. The van der Waals surface area contributed by atoms with Crippen LogP contribution in [0.1, 0.15) is 37.3 Å². The molecule has 3 aromatic rings. The van der Waals surface area contributed by atoms with E-state index in [0.717, 1.165) is 24.3 Å². The van der Waals surface area contributed by atoms with Crippen LogP contribution >= 0.6 is 0 Å². The van der Waals surface area contributed by atoms with Crippen molar-refractivity contribution < 1.29 is 29.0 Å². The number of para-hydroxylation sites is 1. The first kappa shape index (κ1) is 34.4. The highest BCUT2D eigenvalue weighted by molar-refractivity contribution is 6.71. The summed E-state index contributed by atoms with van der Waals surface area (Å²) in [6, 6.07) is 25.2. The van der Waals surface area contributed by atoms with Crippen molar-refractivity contribution in [2.45, 2.75) is 68.6 Å². The number of carbonyl (C=O) groups excluding carboxylic acids is 3. The second-order valence-electron chi connectivity index (χ2n) is 14.7. The Hall–Kier alpha value is -4.07. The average molecular weight is 698 g/mol. The fraction of sp³-hybridized carbons (Fsp3) is 0.447. The summed E-state index contributed by atoms with van der Waals surface area (Å²) in [7, 11) is -3.01. The zero-order chi connectivity index (χ0) is 35.3. The van der Waals surface area contributed by atoms with Gasteiger partial charge in [0.2, 0.25) is 5.91 Å². The number of hydrogen-bond acceptors (Lipinski definition) is 8. The van der Waals surface area contributed by atoms with Gasteiger partial charge in [0.25, 0.3) is 11.8 Å². The van der Waals surface area contributed by atoms with Crippen LogP contribution in [0.2, 0.25) is 18.6 Å². The number of piperidine rings is 1. The number of nitrogens with one attached hydrogen (secondary N) is 2. The molecule has 4 aliphatic rings. The molecule has 2 spiro atoms. The molecule has 0 saturated carbocycles. The number of benzene rings is 3. The van der Waals surface area contributed by atoms with Gasteiger partial charge in [0.05, 0.1) is 25.8 Å². The van der Waals surface area contributed by atoms with Crippen molar-refractivity contribution in [3.8, 4) is 0 Å². The lowest BCUT2D eigenvalue weighted by molar-refractivity contribution is -0.148. The topological polar surface area (TPSA) is 135 Å². The summed E-state index contributed by atoms with van der Waals surface area (Å²) in [5.74, 6) is -0.985. The Bertz CT molecular complexity index is 1750. The second kappa shape index (κ2) is 13.2. The fourth-order valence-corrected chi connectivity index (χ4v) is 11.5. The Morgan fingerprint density at radius 2 is 1.68 bits per heavy atom. The van der Waals surface area contributed by atoms with Crippen molar-refractivity contribution in [1.29, 1.82) is 0 Å². The molecule has 264 valence electrons. The molecule has 3 saturated heterocycles. The minimum atomic E-state index is -3.01. The van der Waals surface area contributed by atoms with Crippen LogP contribution in [0.5, 0.6) is 0 Å². The number of rotatable bonds is 9. The maximum absolute atomic E-state index is 14.5. The van der Waals surface area contributed by atoms with Gasteiger partial charge in [-0.3, -0.25) is 19.3 Å². The molecule has 4 aliphatic heterocycles. The summed E-state index contributed by atoms with van der Waals surface area (Å²) in [6.45, 7) is 7.71. The quantitative estimate of drug-likeness (QED) is 0.249. The van der Waals surface area contributed by atoms with Crippen LogP contribution in [0.15, 0.2) is 78.9 Å². The van der Waals surface area contributed by atoms with Crippen molar-refractivity contribution in [3.63, 3.8) is 0 Å². The minimum absolute atomic E-state index is 0.0298. The lowest BCUT2D eigenvalue weighted by Crippen LogP contribution is -2.55. The van der Waals surface area contributed by atoms with E-state index in [1.54, 1.807) is 4.90 Å². The van der Waals surface area contributed by atoms with Crippen LogP contribution in [0.4, 0.5) is 17.1 Å². The molecule has 4 heterocycles. The van der Waals surface area contributed by atoms with E-state index in [1.807, 2.05) is 104 Å². The molecule has 12 heteroatoms. The number of hydrogen-bond donors (Lipinski definition) is 4. The Balaban J connectivity index is 1.22. The summed E-state index contributed by atoms with van der Waals surface area (Å²) in [5, 5.41) is 16.2. The Morgan fingerprint density at radius 3 is 2.34 bits per heavy atom. The number of anilines is 3. The number of fused-ring (bicyclic) bond motifs is 2. The van der Waals surface area contributed by atoms with E-state index in [0.29, 0.717) is 43.0 Å². The van der Waals surface area contributed by atoms with E-state index in [4.69, 9.17) is 4.74 Å². The Morgan fingerprint density at radius 1 is 1.00 bits per heavy atom. The molecule has 4 atom stereocenters. The van der Waals surface area contributed by atoms with E-state index < -0.39 is 37.0 Å². The Labute approximate surface area is 294 Å². The van der Waals surface area contributed by atoms with Gasteiger partial charge in [-0.05, 0) is 74.9 Å². The monoisotopic (exact) mass is 697 g/mol. The highest BCUT2D eigenvalue weighted by atomic mass is 28.4. The van der Waals surface area contributed by atoms with Crippen LogP contribution in [-0.2, 0) is 31.3 Å². The summed E-state index contributed by atoms with van der Waals surface area (Å²) in [5.41, 5.74) is 1.23. The molecule has 0 bridgehead atoms. The van der Waals surface area contributed by atoms with Gasteiger partial charge in [-0.2, -0.15) is 0 Å². The van der Waals surface area contributed by atoms with Gasteiger partial charge in [0.15, 0.2) is 13.9 Å². The molecule has 0 aliphatic carbocycles. The number of aliphatic hydroxyl groups excluding tert-OH is 1. The third-order valence-corrected chi connectivity index (χ3v) is 13.8. The predicted molar refractivity (Wildman–Crippen MR) is 194 cm³/mol. The van der Waals surface area contributed by atoms with Gasteiger partial charge < -0.3 is 35.1 Å². The summed E-state index contributed by atoms with van der Waals surface area (Å²) in [4.78, 5) is 59.7. The molecule has 7 rings (SSSR count). The number of aliphatic hydroxyl groups is 1. The molecule has 3 amide bonds. The van der Waals surface area contributed by atoms with Gasteiger partial charge in [-0.15, -0.1) is 0 Å². The lowest BCUT2D eigenvalue weighted by Gasteiger charge is -2.39. The Kier molecular flexibility index (Phi) is 9.10. The molecule has 0 aromatic heterocycles. The number of carbonyl (C=O) groups is 3. The van der Waals surface area contributed by atoms with Crippen LogP contribution in [-0.4, -0.2) is 85.4 Å². The van der Waals surface area contributed by atoms with Crippen LogP contribution < -0.4 is 20.4 Å². The van der Waals surface area contributed by atoms with E-state index >= 15 is 0 Å². The SMILES string of the molecule is C[C@@H]1[C@@H]([Si](C)(C)O)[C@H](CC(=O)N(CCO)Cc2ccccc2)O[C@@]12C(=O)Nc1ccc(N3CN(c4ccccc4)C4(CCNCC4)C3=O)cc12. The highest BCUT2D eigenvalue weighted by Crippen LogP contribution is 2.59. The van der Waals surface area contributed by atoms with Crippen LogP contribution in [0.25, 0.3) is 0 Å². The molecule has 3 fully saturated rings. The highest BCUT2D eigenvalue weighted by Gasteiger charge is 2.65. The number of nitrogens with zero attached hydrogens (tertiary/aromatic N) is 3. The molecule has 11 nitrogen and oxygen atoms in total. The zero-order valence-corrected chi connectivity index (χ0v) is 30.0. The smallest absolute Gasteiger partial charge is 0.261 e. The van der Waals surface area contributed by atoms with Gasteiger partial charge >= 0.3 is 0 Å². The van der Waals surface area contributed by atoms with Crippen molar-refractivity contribution >= 4 is 43.1 Å². The van der Waals surface area contributed by atoms with E-state index in [2.05, 4.69) is 15.5 Å². The third kappa shape index (κ3) is 5.72. The normalized spacial score (nSPS) is 25.7.